The van der Waals surface area contributed by atoms with Crippen LogP contribution in [0.2, 0.25) is 0 Å². The molecule has 1 aromatic carbocycles. The van der Waals surface area contributed by atoms with E-state index in [-0.39, 0.29) is 4.90 Å². The van der Waals surface area contributed by atoms with Crippen molar-refractivity contribution in [3.63, 3.8) is 0 Å². The van der Waals surface area contributed by atoms with Gasteiger partial charge in [-0.15, -0.1) is 0 Å². The van der Waals surface area contributed by atoms with Gasteiger partial charge in [0.05, 0.1) is 11.0 Å². The molecular weight excluding hydrogens is 374 g/mol. The van der Waals surface area contributed by atoms with Crippen molar-refractivity contribution in [1.82, 2.24) is 4.31 Å². The molecule has 3 N–H and O–H groups in total. The zero-order chi connectivity index (χ0) is 20.8. The van der Waals surface area contributed by atoms with Gasteiger partial charge in [-0.1, -0.05) is 17.7 Å². The molecule has 4 atom stereocenters. The van der Waals surface area contributed by atoms with Crippen molar-refractivity contribution >= 4 is 16.0 Å². The van der Waals surface area contributed by atoms with Crippen LogP contribution in [0, 0.1) is 6.92 Å². The van der Waals surface area contributed by atoms with E-state index in [9.17, 15) is 28.5 Å². The fourth-order valence-electron chi connectivity index (χ4n) is 2.95. The van der Waals surface area contributed by atoms with Crippen LogP contribution in [0.4, 0.5) is 0 Å². The maximum atomic E-state index is 13.2. The highest BCUT2D eigenvalue weighted by molar-refractivity contribution is 7.89. The van der Waals surface area contributed by atoms with Gasteiger partial charge in [0.2, 0.25) is 10.0 Å². The van der Waals surface area contributed by atoms with E-state index in [2.05, 4.69) is 0 Å². The van der Waals surface area contributed by atoms with Crippen LogP contribution in [0.3, 0.4) is 0 Å². The van der Waals surface area contributed by atoms with Crippen LogP contribution < -0.4 is 0 Å². The van der Waals surface area contributed by atoms with E-state index in [1.165, 1.54) is 19.1 Å². The Labute approximate surface area is 159 Å². The molecule has 0 aliphatic carbocycles. The molecule has 1 aliphatic heterocycles. The van der Waals surface area contributed by atoms with Crippen LogP contribution in [0.15, 0.2) is 29.2 Å². The molecule has 152 valence electrons. The number of ether oxygens (including phenoxy) is 1. The fourth-order valence-corrected chi connectivity index (χ4v) is 4.71. The molecule has 0 radical (unpaired) electrons. The molecular formula is C18H27NO7S. The molecule has 1 aliphatic rings. The summed E-state index contributed by atoms with van der Waals surface area (Å²) in [7, 11) is -4.27. The average Bonchev–Trinajstić information content (AvgIpc) is 2.55. The third kappa shape index (κ3) is 4.02. The number of hydrogen-bond donors (Lipinski definition) is 3. The monoisotopic (exact) mass is 401 g/mol. The Bertz CT molecular complexity index is 800. The van der Waals surface area contributed by atoms with E-state index in [0.717, 1.165) is 5.56 Å². The highest BCUT2D eigenvalue weighted by Crippen LogP contribution is 2.36. The molecule has 2 rings (SSSR count). The van der Waals surface area contributed by atoms with Crippen LogP contribution in [0.25, 0.3) is 0 Å². The lowest BCUT2D eigenvalue weighted by atomic mass is 9.84. The molecule has 9 heteroatoms. The van der Waals surface area contributed by atoms with Crippen LogP contribution in [0.1, 0.15) is 33.3 Å². The predicted octanol–water partition coefficient (Wildman–Crippen LogP) is 0.182. The van der Waals surface area contributed by atoms with E-state index in [1.54, 1.807) is 39.8 Å². The van der Waals surface area contributed by atoms with Crippen molar-refractivity contribution in [2.45, 2.75) is 69.0 Å². The third-order valence-electron chi connectivity index (χ3n) is 4.59. The van der Waals surface area contributed by atoms with Gasteiger partial charge in [0, 0.05) is 6.54 Å². The number of aryl methyl sites for hydroxylation is 1. The van der Waals surface area contributed by atoms with Crippen molar-refractivity contribution in [1.29, 1.82) is 0 Å². The second-order valence-electron chi connectivity index (χ2n) is 8.00. The van der Waals surface area contributed by atoms with Crippen LogP contribution in [-0.2, 0) is 19.6 Å². The van der Waals surface area contributed by atoms with Crippen LogP contribution in [-0.4, -0.2) is 70.0 Å². The van der Waals surface area contributed by atoms with Crippen molar-refractivity contribution in [2.75, 3.05) is 6.54 Å². The molecule has 27 heavy (non-hydrogen) atoms. The lowest BCUT2D eigenvalue weighted by molar-refractivity contribution is -0.194. The third-order valence-corrected chi connectivity index (χ3v) is 6.56. The number of nitrogens with zero attached hydrogens (tertiary/aromatic N) is 1. The Balaban J connectivity index is 2.58. The standard InChI is InChI=1S/C18H27NO7S/c1-11-6-8-12(9-7-11)27(24,25)19-10-13(20)14(21)15(22)18(19,5)16(23)26-17(2,3)4/h6-9,13-15,20-22H,10H2,1-5H3/t13-,14+,15+,18+/m1/s1. The first kappa shape index (κ1) is 21.8. The average molecular weight is 401 g/mol. The van der Waals surface area contributed by atoms with E-state index < -0.39 is 52.0 Å². The van der Waals surface area contributed by atoms with Gasteiger partial charge in [0.1, 0.15) is 17.8 Å². The van der Waals surface area contributed by atoms with Gasteiger partial charge in [-0.25, -0.2) is 13.2 Å². The van der Waals surface area contributed by atoms with Crippen molar-refractivity contribution < 1.29 is 33.3 Å². The summed E-state index contributed by atoms with van der Waals surface area (Å²) in [5, 5.41) is 30.7. The molecule has 0 aromatic heterocycles. The molecule has 1 heterocycles. The maximum Gasteiger partial charge on any atom is 0.330 e. The molecule has 0 amide bonds. The van der Waals surface area contributed by atoms with Crippen molar-refractivity contribution in [2.24, 2.45) is 0 Å². The number of aliphatic hydroxyl groups is 3. The van der Waals surface area contributed by atoms with E-state index >= 15 is 0 Å². The molecule has 0 unspecified atom stereocenters. The van der Waals surface area contributed by atoms with Crippen molar-refractivity contribution in [3.05, 3.63) is 29.8 Å². The van der Waals surface area contributed by atoms with Crippen molar-refractivity contribution in [3.8, 4) is 0 Å². The fraction of sp³-hybridized carbons (Fsp3) is 0.611. The zero-order valence-corrected chi connectivity index (χ0v) is 16.9. The summed E-state index contributed by atoms with van der Waals surface area (Å²) in [6, 6.07) is 5.96. The maximum absolute atomic E-state index is 13.2. The number of esters is 1. The zero-order valence-electron chi connectivity index (χ0n) is 16.1. The lowest BCUT2D eigenvalue weighted by Gasteiger charge is -2.48. The number of aliphatic hydroxyl groups excluding tert-OH is 3. The largest absolute Gasteiger partial charge is 0.458 e. The SMILES string of the molecule is Cc1ccc(S(=O)(=O)N2C[C@@H](O)[C@H](O)[C@H](O)[C@@]2(C)C(=O)OC(C)(C)C)cc1. The van der Waals surface area contributed by atoms with Gasteiger partial charge in [-0.3, -0.25) is 0 Å². The van der Waals surface area contributed by atoms with Gasteiger partial charge in [-0.05, 0) is 46.8 Å². The molecule has 8 nitrogen and oxygen atoms in total. The van der Waals surface area contributed by atoms with E-state index in [1.807, 2.05) is 0 Å². The minimum Gasteiger partial charge on any atom is -0.458 e. The second-order valence-corrected chi connectivity index (χ2v) is 9.86. The van der Waals surface area contributed by atoms with Gasteiger partial charge < -0.3 is 20.1 Å². The first-order valence-electron chi connectivity index (χ1n) is 8.58. The summed E-state index contributed by atoms with van der Waals surface area (Å²) in [4.78, 5) is 12.8. The topological polar surface area (TPSA) is 124 Å². The minimum absolute atomic E-state index is 0.0985. The summed E-state index contributed by atoms with van der Waals surface area (Å²) in [6.07, 6.45) is -5.14. The summed E-state index contributed by atoms with van der Waals surface area (Å²) in [5.41, 5.74) is -2.21. The van der Waals surface area contributed by atoms with Crippen LogP contribution in [0.5, 0.6) is 0 Å². The highest BCUT2D eigenvalue weighted by Gasteiger charge is 2.60. The number of hydrogen-bond acceptors (Lipinski definition) is 7. The summed E-state index contributed by atoms with van der Waals surface area (Å²) in [6.45, 7) is 7.23. The molecule has 1 aromatic rings. The normalized spacial score (nSPS) is 30.1. The van der Waals surface area contributed by atoms with Crippen LogP contribution >= 0.6 is 0 Å². The Morgan fingerprint density at radius 1 is 1.19 bits per heavy atom. The summed E-state index contributed by atoms with van der Waals surface area (Å²) in [5.74, 6) is -1.01. The number of carbonyl (C=O) groups excluding carboxylic acids is 1. The van der Waals surface area contributed by atoms with E-state index in [4.69, 9.17) is 4.74 Å². The smallest absolute Gasteiger partial charge is 0.330 e. The van der Waals surface area contributed by atoms with Gasteiger partial charge in [-0.2, -0.15) is 4.31 Å². The number of benzene rings is 1. The summed E-state index contributed by atoms with van der Waals surface area (Å²) >= 11 is 0. The van der Waals surface area contributed by atoms with Gasteiger partial charge in [0.15, 0.2) is 5.54 Å². The number of piperidine rings is 1. The molecule has 0 saturated carbocycles. The predicted molar refractivity (Wildman–Crippen MR) is 97.3 cm³/mol. The Morgan fingerprint density at radius 2 is 1.70 bits per heavy atom. The number of rotatable bonds is 3. The highest BCUT2D eigenvalue weighted by atomic mass is 32.2. The van der Waals surface area contributed by atoms with E-state index in [0.29, 0.717) is 4.31 Å². The minimum atomic E-state index is -4.27. The lowest BCUT2D eigenvalue weighted by Crippen LogP contribution is -2.72. The molecule has 0 bridgehead atoms. The Kier molecular flexibility index (Phi) is 5.76. The number of β-amino-alcohol motifs (C(OH)–C–C–N with tert-alkyl or cyclic N) is 1. The molecule has 1 saturated heterocycles. The first-order valence-corrected chi connectivity index (χ1v) is 10.0. The Hall–Kier alpha value is -1.52. The number of sulfonamides is 1. The van der Waals surface area contributed by atoms with Gasteiger partial charge >= 0.3 is 5.97 Å². The first-order chi connectivity index (χ1) is 12.2. The second kappa shape index (κ2) is 7.14. The molecule has 0 spiro atoms. The molecule has 1 fully saturated rings. The Morgan fingerprint density at radius 3 is 2.19 bits per heavy atom. The van der Waals surface area contributed by atoms with Gasteiger partial charge in [0.25, 0.3) is 0 Å². The summed E-state index contributed by atoms with van der Waals surface area (Å²) < 4.78 is 32.4. The number of carbonyl (C=O) groups is 1. The quantitative estimate of drug-likeness (QED) is 0.617.